The van der Waals surface area contributed by atoms with Crippen LogP contribution in [0.1, 0.15) is 30.9 Å². The number of ether oxygens (including phenoxy) is 3. The number of rotatable bonds is 5. The van der Waals surface area contributed by atoms with Crippen LogP contribution in [0.4, 0.5) is 5.82 Å². The Labute approximate surface area is 146 Å². The van der Waals surface area contributed by atoms with E-state index in [1.807, 2.05) is 25.1 Å². The Morgan fingerprint density at radius 2 is 1.92 bits per heavy atom. The van der Waals surface area contributed by atoms with E-state index in [1.54, 1.807) is 27.3 Å². The van der Waals surface area contributed by atoms with Crippen LogP contribution in [-0.4, -0.2) is 42.7 Å². The molecule has 0 saturated carbocycles. The number of carbonyl (C=O) groups excluding carboxylic acids is 1. The van der Waals surface area contributed by atoms with Crippen molar-refractivity contribution < 1.29 is 19.0 Å². The van der Waals surface area contributed by atoms with Crippen LogP contribution in [0.2, 0.25) is 0 Å². The molecule has 0 saturated heterocycles. The first-order valence-electron chi connectivity index (χ1n) is 8.08. The van der Waals surface area contributed by atoms with E-state index < -0.39 is 5.92 Å². The third kappa shape index (κ3) is 2.86. The molecule has 2 unspecified atom stereocenters. The number of hydrogen-bond acceptors (Lipinski definition) is 6. The number of benzene rings is 1. The molecule has 1 aliphatic rings. The minimum atomic E-state index is -0.574. The molecule has 0 radical (unpaired) electrons. The number of aromatic amines is 1. The summed E-state index contributed by atoms with van der Waals surface area (Å²) in [6, 6.07) is 5.54. The topological polar surface area (TPSA) is 85.8 Å². The van der Waals surface area contributed by atoms with Crippen LogP contribution in [0, 0.1) is 5.92 Å². The maximum absolute atomic E-state index is 12.7. The molecule has 7 nitrogen and oxygen atoms in total. The van der Waals surface area contributed by atoms with E-state index >= 15 is 0 Å². The van der Waals surface area contributed by atoms with Gasteiger partial charge in [-0.25, -0.2) is 4.99 Å². The summed E-state index contributed by atoms with van der Waals surface area (Å²) in [5, 5.41) is 6.98. The molecule has 1 aromatic heterocycles. The number of fused-ring (bicyclic) bond motifs is 1. The van der Waals surface area contributed by atoms with Crippen molar-refractivity contribution in [3.63, 3.8) is 0 Å². The van der Waals surface area contributed by atoms with Crippen molar-refractivity contribution in [1.82, 2.24) is 10.2 Å². The second kappa shape index (κ2) is 6.96. The van der Waals surface area contributed by atoms with Crippen molar-refractivity contribution in [3.05, 3.63) is 35.5 Å². The van der Waals surface area contributed by atoms with Gasteiger partial charge in [-0.1, -0.05) is 6.07 Å². The van der Waals surface area contributed by atoms with Crippen LogP contribution in [0.15, 0.2) is 29.4 Å². The van der Waals surface area contributed by atoms with Crippen molar-refractivity contribution in [2.24, 2.45) is 10.9 Å². The van der Waals surface area contributed by atoms with Gasteiger partial charge in [0.15, 0.2) is 5.82 Å². The predicted molar refractivity (Wildman–Crippen MR) is 92.9 cm³/mol. The Balaban J connectivity index is 2.24. The van der Waals surface area contributed by atoms with Crippen molar-refractivity contribution in [3.8, 4) is 11.5 Å². The average Bonchev–Trinajstić information content (AvgIpc) is 3.07. The molecule has 0 aliphatic carbocycles. The number of aromatic nitrogens is 2. The molecule has 7 heteroatoms. The molecule has 0 amide bonds. The molecule has 0 spiro atoms. The van der Waals surface area contributed by atoms with Crippen molar-refractivity contribution in [2.75, 3.05) is 20.8 Å². The second-order valence-corrected chi connectivity index (χ2v) is 5.71. The average molecular weight is 343 g/mol. The molecule has 132 valence electrons. The number of carbonyl (C=O) groups is 1. The van der Waals surface area contributed by atoms with Gasteiger partial charge in [-0.3, -0.25) is 9.89 Å². The van der Waals surface area contributed by atoms with Gasteiger partial charge in [0, 0.05) is 22.8 Å². The lowest BCUT2D eigenvalue weighted by Gasteiger charge is -2.30. The third-order valence-corrected chi connectivity index (χ3v) is 4.37. The van der Waals surface area contributed by atoms with Crippen molar-refractivity contribution in [2.45, 2.75) is 19.8 Å². The van der Waals surface area contributed by atoms with E-state index in [0.717, 1.165) is 11.1 Å². The largest absolute Gasteiger partial charge is 0.496 e. The predicted octanol–water partition coefficient (Wildman–Crippen LogP) is 2.84. The fraction of sp³-hybridized carbons (Fsp3) is 0.389. The van der Waals surface area contributed by atoms with Gasteiger partial charge in [0.05, 0.1) is 27.0 Å². The Morgan fingerprint density at radius 3 is 2.52 bits per heavy atom. The third-order valence-electron chi connectivity index (χ3n) is 4.37. The van der Waals surface area contributed by atoms with E-state index in [2.05, 4.69) is 15.2 Å². The molecule has 1 aliphatic heterocycles. The van der Waals surface area contributed by atoms with E-state index in [1.165, 1.54) is 0 Å². The van der Waals surface area contributed by atoms with E-state index in [9.17, 15) is 4.79 Å². The standard InChI is InChI=1S/C18H21N3O4/c1-5-25-18(22)14-10(2)20-17-11(9-19-21-17)15(14)16-12(23-3)7-6-8-13(16)24-4/h6-9,14-15H,5H2,1-4H3,(H,19,21). The molecule has 0 bridgehead atoms. The maximum atomic E-state index is 12.7. The summed E-state index contributed by atoms with van der Waals surface area (Å²) in [4.78, 5) is 17.2. The number of aliphatic imine (C=N–C) groups is 1. The lowest BCUT2D eigenvalue weighted by atomic mass is 9.77. The molecule has 0 fully saturated rings. The monoisotopic (exact) mass is 343 g/mol. The molecule has 1 aromatic carbocycles. The van der Waals surface area contributed by atoms with Gasteiger partial charge in [0.25, 0.3) is 0 Å². The number of hydrogen-bond donors (Lipinski definition) is 1. The highest BCUT2D eigenvalue weighted by Gasteiger charge is 2.42. The first-order valence-corrected chi connectivity index (χ1v) is 8.08. The Morgan fingerprint density at radius 1 is 1.24 bits per heavy atom. The van der Waals surface area contributed by atoms with Crippen LogP contribution in [0.5, 0.6) is 11.5 Å². The lowest BCUT2D eigenvalue weighted by Crippen LogP contribution is -2.33. The van der Waals surface area contributed by atoms with Crippen LogP contribution in [0.25, 0.3) is 0 Å². The highest BCUT2D eigenvalue weighted by molar-refractivity contribution is 6.05. The number of esters is 1. The number of nitrogens with zero attached hydrogens (tertiary/aromatic N) is 2. The lowest BCUT2D eigenvalue weighted by molar-refractivity contribution is -0.146. The van der Waals surface area contributed by atoms with Gasteiger partial charge < -0.3 is 14.2 Å². The Bertz CT molecular complexity index is 790. The highest BCUT2D eigenvalue weighted by atomic mass is 16.5. The Hall–Kier alpha value is -2.83. The molecule has 1 N–H and O–H groups in total. The first-order chi connectivity index (χ1) is 12.1. The van der Waals surface area contributed by atoms with E-state index in [4.69, 9.17) is 14.2 Å². The second-order valence-electron chi connectivity index (χ2n) is 5.71. The minimum absolute atomic E-state index is 0.302. The summed E-state index contributed by atoms with van der Waals surface area (Å²) in [6.45, 7) is 3.91. The molecule has 3 rings (SSSR count). The summed E-state index contributed by atoms with van der Waals surface area (Å²) in [6.07, 6.45) is 1.69. The minimum Gasteiger partial charge on any atom is -0.496 e. The van der Waals surface area contributed by atoms with Crippen LogP contribution < -0.4 is 9.47 Å². The number of H-pyrrole nitrogens is 1. The van der Waals surface area contributed by atoms with Crippen molar-refractivity contribution in [1.29, 1.82) is 0 Å². The van der Waals surface area contributed by atoms with Gasteiger partial charge in [-0.15, -0.1) is 0 Å². The molecular weight excluding hydrogens is 322 g/mol. The summed E-state index contributed by atoms with van der Waals surface area (Å²) < 4.78 is 16.4. The zero-order valence-electron chi connectivity index (χ0n) is 14.7. The van der Waals surface area contributed by atoms with Crippen molar-refractivity contribution >= 4 is 17.5 Å². The van der Waals surface area contributed by atoms with Gasteiger partial charge in [-0.2, -0.15) is 5.10 Å². The Kier molecular flexibility index (Phi) is 4.74. The first kappa shape index (κ1) is 17.0. The summed E-state index contributed by atoms with van der Waals surface area (Å²) >= 11 is 0. The quantitative estimate of drug-likeness (QED) is 0.844. The highest BCUT2D eigenvalue weighted by Crippen LogP contribution is 2.48. The number of nitrogens with one attached hydrogen (secondary N) is 1. The molecule has 2 atom stereocenters. The van der Waals surface area contributed by atoms with Crippen LogP contribution in [-0.2, 0) is 9.53 Å². The summed E-state index contributed by atoms with van der Waals surface area (Å²) in [5.41, 5.74) is 2.25. The fourth-order valence-corrected chi connectivity index (χ4v) is 3.32. The molecular formula is C18H21N3O4. The van der Waals surface area contributed by atoms with Crippen LogP contribution in [0.3, 0.4) is 0 Å². The van der Waals surface area contributed by atoms with Gasteiger partial charge in [-0.05, 0) is 26.0 Å². The van der Waals surface area contributed by atoms with Gasteiger partial charge in [0.2, 0.25) is 0 Å². The summed E-state index contributed by atoms with van der Waals surface area (Å²) in [5.74, 6) is 0.650. The fourth-order valence-electron chi connectivity index (χ4n) is 3.32. The summed E-state index contributed by atoms with van der Waals surface area (Å²) in [7, 11) is 3.19. The number of methoxy groups -OCH3 is 2. The van der Waals surface area contributed by atoms with Gasteiger partial charge >= 0.3 is 5.97 Å². The van der Waals surface area contributed by atoms with Crippen LogP contribution >= 0.6 is 0 Å². The smallest absolute Gasteiger partial charge is 0.315 e. The molecule has 2 heterocycles. The van der Waals surface area contributed by atoms with E-state index in [0.29, 0.717) is 29.6 Å². The molecule has 2 aromatic rings. The zero-order chi connectivity index (χ0) is 18.0. The van der Waals surface area contributed by atoms with Gasteiger partial charge in [0.1, 0.15) is 17.4 Å². The maximum Gasteiger partial charge on any atom is 0.315 e. The normalized spacial score (nSPS) is 19.0. The SMILES string of the molecule is CCOC(=O)C1C(C)=Nc2[nH]ncc2C1c1c(OC)cccc1OC. The zero-order valence-corrected chi connectivity index (χ0v) is 14.7. The van der Waals surface area contributed by atoms with E-state index in [-0.39, 0.29) is 11.9 Å². The molecule has 25 heavy (non-hydrogen) atoms.